The van der Waals surface area contributed by atoms with Gasteiger partial charge in [0.1, 0.15) is 6.54 Å². The van der Waals surface area contributed by atoms with Crippen molar-refractivity contribution < 1.29 is 13.2 Å². The van der Waals surface area contributed by atoms with E-state index in [1.54, 1.807) is 24.3 Å². The summed E-state index contributed by atoms with van der Waals surface area (Å²) in [6, 6.07) is 14.5. The Bertz CT molecular complexity index is 905. The van der Waals surface area contributed by atoms with Gasteiger partial charge in [-0.1, -0.05) is 29.8 Å². The summed E-state index contributed by atoms with van der Waals surface area (Å²) in [6.45, 7) is 1.56. The third-order valence-electron chi connectivity index (χ3n) is 3.82. The van der Waals surface area contributed by atoms with Crippen LogP contribution in [-0.2, 0) is 14.8 Å². The van der Waals surface area contributed by atoms with Crippen molar-refractivity contribution in [3.63, 3.8) is 0 Å². The lowest BCUT2D eigenvalue weighted by Crippen LogP contribution is -2.39. The summed E-state index contributed by atoms with van der Waals surface area (Å²) in [4.78, 5) is 14.1. The second-order valence-corrected chi connectivity index (χ2v) is 8.29. The molecule has 0 aliphatic heterocycles. The molecule has 144 valence electrons. The van der Waals surface area contributed by atoms with Crippen LogP contribution in [0.25, 0.3) is 0 Å². The predicted octanol–water partition coefficient (Wildman–Crippen LogP) is 1.98. The Morgan fingerprint density at radius 1 is 1.04 bits per heavy atom. The molecule has 0 saturated carbocycles. The highest BCUT2D eigenvalue weighted by atomic mass is 32.2. The second-order valence-electron chi connectivity index (χ2n) is 6.38. The molecule has 8 heteroatoms. The number of amides is 1. The number of benzene rings is 2. The SMILES string of the molecule is Cc1ccc(N(CC(=O)N/N=C\c2ccc(N(C)C)cc2)S(C)(=O)=O)cc1. The lowest BCUT2D eigenvalue weighted by atomic mass is 10.2. The first-order valence-electron chi connectivity index (χ1n) is 8.30. The first-order chi connectivity index (χ1) is 12.7. The number of rotatable bonds is 7. The average molecular weight is 388 g/mol. The van der Waals surface area contributed by atoms with E-state index in [4.69, 9.17) is 0 Å². The number of hydrogen-bond acceptors (Lipinski definition) is 5. The summed E-state index contributed by atoms with van der Waals surface area (Å²) in [5.74, 6) is -0.526. The molecule has 0 aliphatic rings. The monoisotopic (exact) mass is 388 g/mol. The van der Waals surface area contributed by atoms with Crippen molar-refractivity contribution in [3.05, 3.63) is 59.7 Å². The Morgan fingerprint density at radius 3 is 2.11 bits per heavy atom. The standard InChI is InChI=1S/C19H24N4O3S/c1-15-5-9-18(10-6-15)23(27(4,25)26)14-19(24)21-20-13-16-7-11-17(12-8-16)22(2)3/h5-13H,14H2,1-4H3,(H,21,24)/b20-13-. The number of aryl methyl sites for hydroxylation is 1. The van der Waals surface area contributed by atoms with Crippen molar-refractivity contribution in [3.8, 4) is 0 Å². The molecule has 0 heterocycles. The zero-order valence-electron chi connectivity index (χ0n) is 15.9. The van der Waals surface area contributed by atoms with E-state index in [0.29, 0.717) is 5.69 Å². The number of hydrogen-bond donors (Lipinski definition) is 1. The summed E-state index contributed by atoms with van der Waals surface area (Å²) in [6.07, 6.45) is 2.57. The fourth-order valence-electron chi connectivity index (χ4n) is 2.31. The molecule has 0 saturated heterocycles. The van der Waals surface area contributed by atoms with E-state index in [-0.39, 0.29) is 6.54 Å². The quantitative estimate of drug-likeness (QED) is 0.581. The third-order valence-corrected chi connectivity index (χ3v) is 4.96. The Kier molecular flexibility index (Phi) is 6.57. The lowest BCUT2D eigenvalue weighted by Gasteiger charge is -2.21. The third kappa shape index (κ3) is 6.10. The van der Waals surface area contributed by atoms with Crippen molar-refractivity contribution in [1.82, 2.24) is 5.43 Å². The zero-order chi connectivity index (χ0) is 20.0. The van der Waals surface area contributed by atoms with Crippen molar-refractivity contribution in [2.75, 3.05) is 36.1 Å². The van der Waals surface area contributed by atoms with Crippen molar-refractivity contribution in [2.45, 2.75) is 6.92 Å². The van der Waals surface area contributed by atoms with Gasteiger partial charge in [-0.2, -0.15) is 5.10 Å². The maximum Gasteiger partial charge on any atom is 0.260 e. The molecular formula is C19H24N4O3S. The Labute approximate surface area is 160 Å². The molecule has 7 nitrogen and oxygen atoms in total. The number of carbonyl (C=O) groups excluding carboxylic acids is 1. The molecule has 1 amide bonds. The predicted molar refractivity (Wildman–Crippen MR) is 110 cm³/mol. The van der Waals surface area contributed by atoms with Crippen molar-refractivity contribution in [1.29, 1.82) is 0 Å². The first kappa shape index (κ1) is 20.4. The van der Waals surface area contributed by atoms with Gasteiger partial charge in [-0.3, -0.25) is 9.10 Å². The van der Waals surface area contributed by atoms with Crippen LogP contribution in [0.4, 0.5) is 11.4 Å². The second kappa shape index (κ2) is 8.68. The number of carbonyl (C=O) groups is 1. The van der Waals surface area contributed by atoms with Gasteiger partial charge in [-0.25, -0.2) is 13.8 Å². The molecule has 2 rings (SSSR count). The number of hydrazone groups is 1. The Hall–Kier alpha value is -2.87. The van der Waals surface area contributed by atoms with Gasteiger partial charge in [0.15, 0.2) is 0 Å². The molecule has 1 N–H and O–H groups in total. The summed E-state index contributed by atoms with van der Waals surface area (Å²) in [5.41, 5.74) is 5.67. The molecule has 0 bridgehead atoms. The van der Waals surface area contributed by atoms with E-state index in [1.165, 1.54) is 6.21 Å². The minimum atomic E-state index is -3.60. The van der Waals surface area contributed by atoms with Gasteiger partial charge in [0.2, 0.25) is 10.0 Å². The molecule has 0 fully saturated rings. The maximum atomic E-state index is 12.1. The molecule has 0 aromatic heterocycles. The van der Waals surface area contributed by atoms with E-state index < -0.39 is 15.9 Å². The average Bonchev–Trinajstić information content (AvgIpc) is 2.60. The molecule has 27 heavy (non-hydrogen) atoms. The highest BCUT2D eigenvalue weighted by Crippen LogP contribution is 2.17. The summed E-state index contributed by atoms with van der Waals surface area (Å²) in [7, 11) is 0.299. The summed E-state index contributed by atoms with van der Waals surface area (Å²) >= 11 is 0. The Balaban J connectivity index is 2.02. The molecule has 0 radical (unpaired) electrons. The van der Waals surface area contributed by atoms with E-state index in [2.05, 4.69) is 10.5 Å². The normalized spacial score (nSPS) is 11.4. The van der Waals surface area contributed by atoms with E-state index >= 15 is 0 Å². The van der Waals surface area contributed by atoms with Crippen LogP contribution in [0.1, 0.15) is 11.1 Å². The number of sulfonamides is 1. The van der Waals surface area contributed by atoms with Crippen molar-refractivity contribution >= 4 is 33.5 Å². The van der Waals surface area contributed by atoms with Gasteiger partial charge in [-0.15, -0.1) is 0 Å². The molecule has 0 atom stereocenters. The van der Waals surface area contributed by atoms with Gasteiger partial charge in [0.05, 0.1) is 18.2 Å². The summed E-state index contributed by atoms with van der Waals surface area (Å²) < 4.78 is 25.1. The van der Waals surface area contributed by atoms with Crippen LogP contribution in [0.5, 0.6) is 0 Å². The highest BCUT2D eigenvalue weighted by molar-refractivity contribution is 7.92. The van der Waals surface area contributed by atoms with Crippen LogP contribution >= 0.6 is 0 Å². The summed E-state index contributed by atoms with van der Waals surface area (Å²) in [5, 5.41) is 3.90. The largest absolute Gasteiger partial charge is 0.378 e. The van der Waals surface area contributed by atoms with Gasteiger partial charge < -0.3 is 4.90 Å². The molecular weight excluding hydrogens is 364 g/mol. The van der Waals surface area contributed by atoms with Crippen LogP contribution in [0, 0.1) is 6.92 Å². The molecule has 0 aliphatic carbocycles. The van der Waals surface area contributed by atoms with E-state index in [0.717, 1.165) is 27.4 Å². The number of nitrogens with one attached hydrogen (secondary N) is 1. The maximum absolute atomic E-state index is 12.1. The highest BCUT2D eigenvalue weighted by Gasteiger charge is 2.20. The van der Waals surface area contributed by atoms with Gasteiger partial charge >= 0.3 is 0 Å². The smallest absolute Gasteiger partial charge is 0.260 e. The van der Waals surface area contributed by atoms with Crippen LogP contribution in [0.3, 0.4) is 0 Å². The minimum Gasteiger partial charge on any atom is -0.378 e. The van der Waals surface area contributed by atoms with Gasteiger partial charge in [0.25, 0.3) is 5.91 Å². The van der Waals surface area contributed by atoms with Crippen molar-refractivity contribution in [2.24, 2.45) is 5.10 Å². The van der Waals surface area contributed by atoms with Crippen LogP contribution in [0.15, 0.2) is 53.6 Å². The Morgan fingerprint density at radius 2 is 1.59 bits per heavy atom. The zero-order valence-corrected chi connectivity index (χ0v) is 16.7. The van der Waals surface area contributed by atoms with Crippen LogP contribution < -0.4 is 14.6 Å². The first-order valence-corrected chi connectivity index (χ1v) is 10.2. The van der Waals surface area contributed by atoms with E-state index in [9.17, 15) is 13.2 Å². The molecule has 0 spiro atoms. The van der Waals surface area contributed by atoms with Crippen LogP contribution in [0.2, 0.25) is 0 Å². The van der Waals surface area contributed by atoms with Gasteiger partial charge in [-0.05, 0) is 36.8 Å². The molecule has 2 aromatic rings. The lowest BCUT2D eigenvalue weighted by molar-refractivity contribution is -0.119. The van der Waals surface area contributed by atoms with Gasteiger partial charge in [0, 0.05) is 19.8 Å². The molecule has 0 unspecified atom stereocenters. The van der Waals surface area contributed by atoms with Crippen LogP contribution in [-0.4, -0.2) is 47.4 Å². The van der Waals surface area contributed by atoms with E-state index in [1.807, 2.05) is 50.2 Å². The molecule has 2 aromatic carbocycles. The number of nitrogens with zero attached hydrogens (tertiary/aromatic N) is 3. The topological polar surface area (TPSA) is 82.1 Å². The fourth-order valence-corrected chi connectivity index (χ4v) is 3.17. The fraction of sp³-hybridized carbons (Fsp3) is 0.263. The number of anilines is 2. The minimum absolute atomic E-state index is 0.348.